The quantitative estimate of drug-likeness (QED) is 0.185. The molecule has 0 unspecified atom stereocenters. The van der Waals surface area contributed by atoms with Crippen LogP contribution in [-0.4, -0.2) is 0 Å². The van der Waals surface area contributed by atoms with Crippen LogP contribution in [0.3, 0.4) is 0 Å². The molecule has 0 aliphatic heterocycles. The van der Waals surface area contributed by atoms with Crippen LogP contribution in [0.15, 0.2) is 174 Å². The zero-order valence-corrected chi connectivity index (χ0v) is 23.0. The van der Waals surface area contributed by atoms with Crippen LogP contribution in [0.25, 0.3) is 88.0 Å². The monoisotopic (exact) mass is 592 g/mol. The van der Waals surface area contributed by atoms with Crippen LogP contribution < -0.4 is 0 Å². The van der Waals surface area contributed by atoms with E-state index in [9.17, 15) is 5.48 Å². The molecule has 0 spiro atoms. The first-order valence-corrected chi connectivity index (χ1v) is 13.8. The summed E-state index contributed by atoms with van der Waals surface area (Å²) in [5, 5.41) is 0.154. The van der Waals surface area contributed by atoms with Crippen molar-refractivity contribution in [2.24, 2.45) is 0 Å². The molecule has 9 rings (SSSR count). The van der Waals surface area contributed by atoms with Crippen molar-refractivity contribution in [3.63, 3.8) is 0 Å². The van der Waals surface area contributed by atoms with Gasteiger partial charge < -0.3 is 4.42 Å². The normalized spacial score (nSPS) is 17.8. The molecule has 0 aliphatic carbocycles. The van der Waals surface area contributed by atoms with Gasteiger partial charge in [0.2, 0.25) is 0 Å². The van der Waals surface area contributed by atoms with Gasteiger partial charge in [-0.3, -0.25) is 0 Å². The molecule has 0 saturated heterocycles. The van der Waals surface area contributed by atoms with Gasteiger partial charge in [0.1, 0.15) is 11.2 Å². The Balaban J connectivity index is 1.57. The predicted molar refractivity (Wildman–Crippen MR) is 190 cm³/mol. The minimum absolute atomic E-state index is 0.00266. The SMILES string of the molecule is [2H]c1cc2c(-c3cc(-c4c([2H])c([2H])c([2H])c([2H])c4[2H])cc4oc5ccccc5c34)c3c([2H])c([2H])c([2H])cc3c(-c3c([2H])c([2H])c([2H])c(-c4c([2H])c([2H])c([2H])c([2H])c4[2H])c3[2H])c2c([2H])c1[2H]. The van der Waals surface area contributed by atoms with Crippen LogP contribution in [-0.2, 0) is 0 Å². The molecule has 1 aromatic heterocycles. The van der Waals surface area contributed by atoms with E-state index in [1.807, 2.05) is 0 Å². The fourth-order valence-electron chi connectivity index (χ4n) is 5.85. The number of hydrogen-bond acceptors (Lipinski definition) is 1. The molecule has 1 nitrogen and oxygen atoms in total. The first-order chi connectivity index (χ1) is 30.6. The lowest BCUT2D eigenvalue weighted by Gasteiger charge is -2.19. The van der Waals surface area contributed by atoms with Crippen molar-refractivity contribution in [2.75, 3.05) is 0 Å². The zero-order valence-electron chi connectivity index (χ0n) is 43.0. The first-order valence-electron chi connectivity index (χ1n) is 23.8. The molecule has 0 fully saturated rings. The van der Waals surface area contributed by atoms with Crippen molar-refractivity contribution in [2.45, 2.75) is 0 Å². The highest BCUT2D eigenvalue weighted by Gasteiger charge is 2.21. The third-order valence-electron chi connectivity index (χ3n) is 7.69. The molecule has 0 radical (unpaired) electrons. The zero-order chi connectivity index (χ0) is 47.1. The summed E-state index contributed by atoms with van der Waals surface area (Å²) in [5.41, 5.74) is -1.67. The second-order valence-electron chi connectivity index (χ2n) is 10.1. The summed E-state index contributed by atoms with van der Waals surface area (Å²) < 4.78 is 183. The Morgan fingerprint density at radius 1 is 0.400 bits per heavy atom. The van der Waals surface area contributed by atoms with Gasteiger partial charge in [-0.15, -0.1) is 0 Å². The number of benzene rings is 8. The van der Waals surface area contributed by atoms with Crippen LogP contribution in [0.2, 0.25) is 0 Å². The maximum Gasteiger partial charge on any atom is 0.136 e. The summed E-state index contributed by atoms with van der Waals surface area (Å²) in [5.74, 6) is 0. The molecule has 0 N–H and O–H groups in total. The smallest absolute Gasteiger partial charge is 0.136 e. The van der Waals surface area contributed by atoms with Crippen LogP contribution in [0.1, 0.15) is 27.4 Å². The van der Waals surface area contributed by atoms with Crippen molar-refractivity contribution >= 4 is 43.5 Å². The van der Waals surface area contributed by atoms with E-state index in [-0.39, 0.29) is 54.9 Å². The summed E-state index contributed by atoms with van der Waals surface area (Å²) in [6.45, 7) is 0. The number of fused-ring (bicyclic) bond motifs is 5. The summed E-state index contributed by atoms with van der Waals surface area (Å²) in [7, 11) is 0. The Labute approximate surface area is 289 Å². The van der Waals surface area contributed by atoms with Gasteiger partial charge in [-0.2, -0.15) is 0 Å². The molecule has 8 aromatic carbocycles. The first kappa shape index (κ1) is 12.6. The van der Waals surface area contributed by atoms with Crippen LogP contribution >= 0.6 is 0 Å². The average Bonchev–Trinajstić information content (AvgIpc) is 3.66. The van der Waals surface area contributed by atoms with E-state index >= 15 is 0 Å². The molecule has 1 heterocycles. The van der Waals surface area contributed by atoms with E-state index in [1.165, 1.54) is 18.2 Å². The van der Waals surface area contributed by atoms with Crippen molar-refractivity contribution in [3.8, 4) is 44.5 Å². The highest BCUT2D eigenvalue weighted by molar-refractivity contribution is 6.26. The van der Waals surface area contributed by atoms with E-state index in [1.54, 1.807) is 24.3 Å². The lowest BCUT2D eigenvalue weighted by molar-refractivity contribution is 0.669. The van der Waals surface area contributed by atoms with Crippen molar-refractivity contribution in [3.05, 3.63) is 169 Å². The molecule has 0 bridgehead atoms. The van der Waals surface area contributed by atoms with Gasteiger partial charge in [0.25, 0.3) is 0 Å². The van der Waals surface area contributed by atoms with Crippen molar-refractivity contribution < 1.29 is 31.8 Å². The predicted octanol–water partition coefficient (Wildman–Crippen LogP) is 12.6. The molecule has 0 amide bonds. The third kappa shape index (κ3) is 4.17. The highest BCUT2D eigenvalue weighted by atomic mass is 16.3. The van der Waals surface area contributed by atoms with Gasteiger partial charge in [-0.1, -0.05) is 145 Å². The molecule has 9 aromatic rings. The minimum Gasteiger partial charge on any atom is -0.456 e. The number of rotatable bonds is 4. The molecule has 0 atom stereocenters. The lowest BCUT2D eigenvalue weighted by atomic mass is 9.83. The van der Waals surface area contributed by atoms with Crippen molar-refractivity contribution in [1.29, 1.82) is 0 Å². The molecule has 0 saturated carbocycles. The van der Waals surface area contributed by atoms with E-state index in [4.69, 9.17) is 26.3 Å². The maximum absolute atomic E-state index is 9.64. The van der Waals surface area contributed by atoms with Crippen LogP contribution in [0.4, 0.5) is 0 Å². The van der Waals surface area contributed by atoms with Crippen molar-refractivity contribution in [1.82, 2.24) is 0 Å². The highest BCUT2D eigenvalue weighted by Crippen LogP contribution is 2.48. The summed E-state index contributed by atoms with van der Waals surface area (Å²) >= 11 is 0. The van der Waals surface area contributed by atoms with Gasteiger partial charge >= 0.3 is 0 Å². The number of hydrogen-bond donors (Lipinski definition) is 0. The van der Waals surface area contributed by atoms with Gasteiger partial charge in [0, 0.05) is 10.8 Å². The summed E-state index contributed by atoms with van der Waals surface area (Å²) in [4.78, 5) is 0. The van der Waals surface area contributed by atoms with E-state index in [0.717, 1.165) is 6.07 Å². The maximum atomic E-state index is 9.64. The topological polar surface area (TPSA) is 13.1 Å². The van der Waals surface area contributed by atoms with Gasteiger partial charge in [-0.25, -0.2) is 0 Å². The number of furan rings is 1. The molecular formula is C44H28O. The summed E-state index contributed by atoms with van der Waals surface area (Å²) in [6.07, 6.45) is 0. The fourth-order valence-corrected chi connectivity index (χ4v) is 5.85. The van der Waals surface area contributed by atoms with Gasteiger partial charge in [0.05, 0.1) is 27.4 Å². The van der Waals surface area contributed by atoms with Gasteiger partial charge in [-0.05, 0) is 90.3 Å². The molecule has 45 heavy (non-hydrogen) atoms. The van der Waals surface area contributed by atoms with Crippen LogP contribution in [0, 0.1) is 0 Å². The Hall–Kier alpha value is -5.92. The Kier molecular flexibility index (Phi) is 2.90. The minimum atomic E-state index is -0.856. The van der Waals surface area contributed by atoms with Crippen LogP contribution in [0.5, 0.6) is 0 Å². The average molecular weight is 593 g/mol. The third-order valence-corrected chi connectivity index (χ3v) is 7.69. The number of para-hydroxylation sites is 1. The van der Waals surface area contributed by atoms with E-state index in [0.29, 0.717) is 16.4 Å². The Morgan fingerprint density at radius 3 is 1.76 bits per heavy atom. The second kappa shape index (κ2) is 10.4. The Morgan fingerprint density at radius 2 is 1.00 bits per heavy atom. The molecule has 210 valence electrons. The Bertz CT molecular complexity index is 3610. The molecule has 0 aliphatic rings. The fraction of sp³-hybridized carbons (Fsp3) is 0. The lowest BCUT2D eigenvalue weighted by Crippen LogP contribution is -1.92. The second-order valence-corrected chi connectivity index (χ2v) is 10.1. The molecule has 1 heteroatoms. The largest absolute Gasteiger partial charge is 0.456 e. The standard InChI is InChI=1S/C44H28O/c1-3-14-29(15-4-1)31-18-13-19-32(26-31)42-34-20-7-9-22-36(34)43(37-23-10-8-21-35(37)42)39-27-33(30-16-5-2-6-17-30)28-41-44(39)38-24-11-12-25-40(38)45-41/h1-28H/i1D,2D,3D,4D,5D,6D,7D,8D,9D,10D,13D,14D,15D,16D,17D,18D,19D,20D,23D,26D. The van der Waals surface area contributed by atoms with Gasteiger partial charge in [0.15, 0.2) is 0 Å². The van der Waals surface area contributed by atoms with E-state index < -0.39 is 138 Å². The molecular weight excluding hydrogens is 544 g/mol. The summed E-state index contributed by atoms with van der Waals surface area (Å²) in [6, 6.07) is -1.72. The van der Waals surface area contributed by atoms with E-state index in [2.05, 4.69) is 0 Å².